The van der Waals surface area contributed by atoms with E-state index in [1.807, 2.05) is 24.3 Å². The molecule has 1 unspecified atom stereocenters. The molecule has 0 saturated heterocycles. The zero-order chi connectivity index (χ0) is 15.2. The highest BCUT2D eigenvalue weighted by molar-refractivity contribution is 9.10. The Hall–Kier alpha value is -1.39. The van der Waals surface area contributed by atoms with E-state index in [0.29, 0.717) is 6.04 Å². The van der Waals surface area contributed by atoms with Crippen molar-refractivity contribution < 1.29 is 9.13 Å². The van der Waals surface area contributed by atoms with Gasteiger partial charge in [0, 0.05) is 22.6 Å². The molecule has 2 aromatic rings. The normalized spacial score (nSPS) is 12.2. The van der Waals surface area contributed by atoms with Crippen molar-refractivity contribution in [3.05, 3.63) is 63.9 Å². The minimum Gasteiger partial charge on any atom is -0.496 e. The lowest BCUT2D eigenvalue weighted by molar-refractivity contribution is 0.405. The van der Waals surface area contributed by atoms with E-state index < -0.39 is 0 Å². The Morgan fingerprint density at radius 1 is 1.19 bits per heavy atom. The van der Waals surface area contributed by atoms with E-state index >= 15 is 0 Å². The Labute approximate surface area is 133 Å². The molecule has 0 aliphatic rings. The van der Waals surface area contributed by atoms with Crippen LogP contribution in [0.15, 0.2) is 46.9 Å². The molecule has 1 N–H and O–H groups in total. The first-order valence-electron chi connectivity index (χ1n) is 6.88. The van der Waals surface area contributed by atoms with Crippen LogP contribution < -0.4 is 10.1 Å². The molecule has 0 spiro atoms. The Morgan fingerprint density at radius 3 is 2.57 bits per heavy atom. The maximum atomic E-state index is 12.9. The van der Waals surface area contributed by atoms with Gasteiger partial charge in [0.25, 0.3) is 0 Å². The summed E-state index contributed by atoms with van der Waals surface area (Å²) in [4.78, 5) is 0. The lowest BCUT2D eigenvalue weighted by Crippen LogP contribution is -2.27. The third-order valence-electron chi connectivity index (χ3n) is 3.34. The molecule has 0 saturated carbocycles. The van der Waals surface area contributed by atoms with Gasteiger partial charge in [-0.15, -0.1) is 0 Å². The Bertz CT molecular complexity index is 586. The smallest absolute Gasteiger partial charge is 0.123 e. The molecule has 21 heavy (non-hydrogen) atoms. The number of nitrogens with one attached hydrogen (secondary N) is 1. The molecule has 0 amide bonds. The number of methoxy groups -OCH3 is 1. The van der Waals surface area contributed by atoms with Crippen molar-refractivity contribution in [2.24, 2.45) is 0 Å². The number of hydrogen-bond donors (Lipinski definition) is 1. The van der Waals surface area contributed by atoms with Crippen LogP contribution in [0.25, 0.3) is 0 Å². The third kappa shape index (κ3) is 4.83. The Balaban J connectivity index is 1.93. The minimum atomic E-state index is -0.196. The van der Waals surface area contributed by atoms with Crippen LogP contribution >= 0.6 is 15.9 Å². The number of benzene rings is 2. The number of ether oxygens (including phenoxy) is 1. The van der Waals surface area contributed by atoms with Gasteiger partial charge in [-0.2, -0.15) is 0 Å². The van der Waals surface area contributed by atoms with Gasteiger partial charge in [0.05, 0.1) is 7.11 Å². The second kappa shape index (κ2) is 7.57. The summed E-state index contributed by atoms with van der Waals surface area (Å²) < 4.78 is 19.3. The van der Waals surface area contributed by atoms with Crippen molar-refractivity contribution in [2.75, 3.05) is 7.11 Å². The van der Waals surface area contributed by atoms with Crippen molar-refractivity contribution in [2.45, 2.75) is 25.9 Å². The monoisotopic (exact) mass is 351 g/mol. The fourth-order valence-electron chi connectivity index (χ4n) is 2.22. The number of hydrogen-bond acceptors (Lipinski definition) is 2. The summed E-state index contributed by atoms with van der Waals surface area (Å²) in [6.45, 7) is 2.85. The zero-order valence-electron chi connectivity index (χ0n) is 12.2. The lowest BCUT2D eigenvalue weighted by Gasteiger charge is -2.16. The first kappa shape index (κ1) is 16.0. The maximum absolute atomic E-state index is 12.9. The molecule has 4 heteroatoms. The summed E-state index contributed by atoms with van der Waals surface area (Å²) in [5, 5.41) is 3.47. The summed E-state index contributed by atoms with van der Waals surface area (Å²) in [6.07, 6.45) is 0.858. The molecule has 2 rings (SSSR count). The Kier molecular flexibility index (Phi) is 5.76. The van der Waals surface area contributed by atoms with E-state index in [1.54, 1.807) is 7.11 Å². The van der Waals surface area contributed by atoms with E-state index in [1.165, 1.54) is 12.1 Å². The standard InChI is InChI=1S/C17H19BrFNO/c1-12(9-13-3-6-16(19)7-4-13)20-11-14-10-15(18)5-8-17(14)21-2/h3-8,10,12,20H,9,11H2,1-2H3. The molecule has 0 aromatic heterocycles. The predicted molar refractivity (Wildman–Crippen MR) is 87.1 cm³/mol. The summed E-state index contributed by atoms with van der Waals surface area (Å²) in [5.74, 6) is 0.679. The molecule has 1 atom stereocenters. The molecule has 0 radical (unpaired) electrons. The van der Waals surface area contributed by atoms with E-state index in [0.717, 1.165) is 34.3 Å². The van der Waals surface area contributed by atoms with Gasteiger partial charge in [0.1, 0.15) is 11.6 Å². The molecule has 0 aliphatic heterocycles. The number of halogens is 2. The van der Waals surface area contributed by atoms with Crippen molar-refractivity contribution >= 4 is 15.9 Å². The highest BCUT2D eigenvalue weighted by atomic mass is 79.9. The fraction of sp³-hybridized carbons (Fsp3) is 0.294. The van der Waals surface area contributed by atoms with Crippen molar-refractivity contribution in [1.82, 2.24) is 5.32 Å². The van der Waals surface area contributed by atoms with Crippen LogP contribution in [0.2, 0.25) is 0 Å². The van der Waals surface area contributed by atoms with Gasteiger partial charge in [0.2, 0.25) is 0 Å². The second-order valence-corrected chi connectivity index (χ2v) is 5.98. The molecular formula is C17H19BrFNO. The first-order chi connectivity index (χ1) is 10.1. The topological polar surface area (TPSA) is 21.3 Å². The van der Waals surface area contributed by atoms with Gasteiger partial charge in [-0.1, -0.05) is 28.1 Å². The summed E-state index contributed by atoms with van der Waals surface area (Å²) >= 11 is 3.47. The molecule has 2 aromatic carbocycles. The Morgan fingerprint density at radius 2 is 1.90 bits per heavy atom. The fourth-order valence-corrected chi connectivity index (χ4v) is 2.62. The van der Waals surface area contributed by atoms with Crippen LogP contribution in [0.4, 0.5) is 4.39 Å². The van der Waals surface area contributed by atoms with Gasteiger partial charge < -0.3 is 10.1 Å². The SMILES string of the molecule is COc1ccc(Br)cc1CNC(C)Cc1ccc(F)cc1. The van der Waals surface area contributed by atoms with Crippen LogP contribution in [0.1, 0.15) is 18.1 Å². The molecule has 0 fully saturated rings. The van der Waals surface area contributed by atoms with Crippen molar-refractivity contribution in [1.29, 1.82) is 0 Å². The maximum Gasteiger partial charge on any atom is 0.123 e. The third-order valence-corrected chi connectivity index (χ3v) is 3.83. The predicted octanol–water partition coefficient (Wildman–Crippen LogP) is 4.32. The van der Waals surface area contributed by atoms with E-state index in [-0.39, 0.29) is 5.82 Å². The number of rotatable bonds is 6. The molecule has 0 bridgehead atoms. The quantitative estimate of drug-likeness (QED) is 0.836. The largest absolute Gasteiger partial charge is 0.496 e. The van der Waals surface area contributed by atoms with E-state index in [4.69, 9.17) is 4.74 Å². The highest BCUT2D eigenvalue weighted by Gasteiger charge is 2.07. The van der Waals surface area contributed by atoms with Gasteiger partial charge in [-0.3, -0.25) is 0 Å². The molecule has 0 aliphatic carbocycles. The molecule has 0 heterocycles. The second-order valence-electron chi connectivity index (χ2n) is 5.07. The van der Waals surface area contributed by atoms with Gasteiger partial charge in [-0.25, -0.2) is 4.39 Å². The molecule has 112 valence electrons. The van der Waals surface area contributed by atoms with Crippen LogP contribution in [0.3, 0.4) is 0 Å². The molecule has 2 nitrogen and oxygen atoms in total. The van der Waals surface area contributed by atoms with Gasteiger partial charge >= 0.3 is 0 Å². The highest BCUT2D eigenvalue weighted by Crippen LogP contribution is 2.23. The van der Waals surface area contributed by atoms with Crippen LogP contribution in [0.5, 0.6) is 5.75 Å². The van der Waals surface area contributed by atoms with Crippen LogP contribution in [-0.2, 0) is 13.0 Å². The van der Waals surface area contributed by atoms with Gasteiger partial charge in [-0.05, 0) is 49.2 Å². The molecular weight excluding hydrogens is 333 g/mol. The van der Waals surface area contributed by atoms with Gasteiger partial charge in [0.15, 0.2) is 0 Å². The summed E-state index contributed by atoms with van der Waals surface area (Å²) in [7, 11) is 1.68. The van der Waals surface area contributed by atoms with Crippen molar-refractivity contribution in [3.8, 4) is 5.75 Å². The van der Waals surface area contributed by atoms with E-state index in [9.17, 15) is 4.39 Å². The minimum absolute atomic E-state index is 0.196. The average molecular weight is 352 g/mol. The summed E-state index contributed by atoms with van der Waals surface area (Å²) in [5.41, 5.74) is 2.23. The average Bonchev–Trinajstić information content (AvgIpc) is 2.48. The van der Waals surface area contributed by atoms with Crippen LogP contribution in [-0.4, -0.2) is 13.2 Å². The zero-order valence-corrected chi connectivity index (χ0v) is 13.8. The van der Waals surface area contributed by atoms with E-state index in [2.05, 4.69) is 34.2 Å². The first-order valence-corrected chi connectivity index (χ1v) is 7.68. The summed E-state index contributed by atoms with van der Waals surface area (Å²) in [6, 6.07) is 12.9. The van der Waals surface area contributed by atoms with Crippen molar-refractivity contribution in [3.63, 3.8) is 0 Å². The lowest BCUT2D eigenvalue weighted by atomic mass is 10.1. The van der Waals surface area contributed by atoms with Crippen LogP contribution in [0, 0.1) is 5.82 Å².